The predicted octanol–water partition coefficient (Wildman–Crippen LogP) is 3.39. The summed E-state index contributed by atoms with van der Waals surface area (Å²) in [5.74, 6) is 1.14. The van der Waals surface area contributed by atoms with Gasteiger partial charge in [-0.15, -0.1) is 0 Å². The van der Waals surface area contributed by atoms with E-state index in [9.17, 15) is 0 Å². The Morgan fingerprint density at radius 2 is 1.80 bits per heavy atom. The van der Waals surface area contributed by atoms with Crippen LogP contribution in [-0.2, 0) is 0 Å². The van der Waals surface area contributed by atoms with E-state index in [0.717, 1.165) is 5.52 Å². The van der Waals surface area contributed by atoms with Crippen molar-refractivity contribution in [3.8, 4) is 0 Å². The largest absolute Gasteiger partial charge is 0.158 e. The fourth-order valence-corrected chi connectivity index (χ4v) is 1.75. The first-order valence-electron chi connectivity index (χ1n) is 5.40. The summed E-state index contributed by atoms with van der Waals surface area (Å²) >= 11 is 0. The van der Waals surface area contributed by atoms with Crippen molar-refractivity contribution in [2.24, 2.45) is 5.92 Å². The number of rotatable bonds is 2. The second kappa shape index (κ2) is 3.97. The summed E-state index contributed by atoms with van der Waals surface area (Å²) in [4.78, 5) is 0. The lowest BCUT2D eigenvalue weighted by Crippen LogP contribution is -2.04. The molecule has 0 N–H and O–H groups in total. The Morgan fingerprint density at radius 1 is 1.07 bits per heavy atom. The lowest BCUT2D eigenvalue weighted by atomic mass is 9.89. The molecule has 0 saturated heterocycles. The van der Waals surface area contributed by atoms with Crippen LogP contribution >= 0.6 is 0 Å². The third-order valence-electron chi connectivity index (χ3n) is 3.07. The fraction of sp³-hybridized carbons (Fsp3) is 0.385. The first kappa shape index (κ1) is 10.1. The summed E-state index contributed by atoms with van der Waals surface area (Å²) in [7, 11) is 0. The molecule has 0 aliphatic rings. The average Bonchev–Trinajstić information content (AvgIpc) is 2.27. The van der Waals surface area contributed by atoms with Crippen molar-refractivity contribution in [3.05, 3.63) is 36.0 Å². The van der Waals surface area contributed by atoms with E-state index in [1.165, 1.54) is 10.9 Å². The van der Waals surface area contributed by atoms with Gasteiger partial charge in [0.15, 0.2) is 0 Å². The first-order chi connectivity index (χ1) is 7.20. The fourth-order valence-electron chi connectivity index (χ4n) is 1.75. The average molecular weight is 200 g/mol. The quantitative estimate of drug-likeness (QED) is 0.742. The van der Waals surface area contributed by atoms with Crippen LogP contribution in [0.4, 0.5) is 0 Å². The van der Waals surface area contributed by atoms with E-state index in [2.05, 4.69) is 43.1 Å². The third kappa shape index (κ3) is 1.84. The number of nitrogens with zero attached hydrogens (tertiary/aromatic N) is 2. The number of fused-ring (bicyclic) bond motifs is 1. The van der Waals surface area contributed by atoms with Crippen LogP contribution in [0.25, 0.3) is 10.9 Å². The second-order valence-electron chi connectivity index (χ2n) is 4.35. The van der Waals surface area contributed by atoms with Crippen LogP contribution < -0.4 is 0 Å². The molecular weight excluding hydrogens is 184 g/mol. The standard InChI is InChI=1S/C13H16N2/c1-9(2)10(3)12-8-14-15-13-7-5-4-6-11(12)13/h4-10H,1-3H3. The van der Waals surface area contributed by atoms with Gasteiger partial charge in [0.25, 0.3) is 0 Å². The maximum absolute atomic E-state index is 4.13. The molecule has 78 valence electrons. The summed E-state index contributed by atoms with van der Waals surface area (Å²) < 4.78 is 0. The van der Waals surface area contributed by atoms with E-state index in [1.807, 2.05) is 18.3 Å². The van der Waals surface area contributed by atoms with Crippen LogP contribution in [0.2, 0.25) is 0 Å². The summed E-state index contributed by atoms with van der Waals surface area (Å²) in [6, 6.07) is 8.19. The molecule has 2 heteroatoms. The smallest absolute Gasteiger partial charge is 0.0932 e. The molecule has 0 amide bonds. The van der Waals surface area contributed by atoms with Gasteiger partial charge < -0.3 is 0 Å². The minimum atomic E-state index is 0.519. The van der Waals surface area contributed by atoms with Crippen LogP contribution in [-0.4, -0.2) is 10.2 Å². The molecule has 0 aliphatic heterocycles. The van der Waals surface area contributed by atoms with Crippen molar-refractivity contribution in [1.29, 1.82) is 0 Å². The van der Waals surface area contributed by atoms with Crippen molar-refractivity contribution in [1.82, 2.24) is 10.2 Å². The van der Waals surface area contributed by atoms with Gasteiger partial charge in [-0.2, -0.15) is 10.2 Å². The number of hydrogen-bond acceptors (Lipinski definition) is 2. The molecule has 1 atom stereocenters. The molecule has 1 aromatic heterocycles. The highest BCUT2D eigenvalue weighted by Crippen LogP contribution is 2.28. The van der Waals surface area contributed by atoms with Crippen LogP contribution in [0.15, 0.2) is 30.5 Å². The number of hydrogen-bond donors (Lipinski definition) is 0. The van der Waals surface area contributed by atoms with E-state index in [1.54, 1.807) is 0 Å². The van der Waals surface area contributed by atoms with Crippen molar-refractivity contribution in [2.45, 2.75) is 26.7 Å². The van der Waals surface area contributed by atoms with Crippen molar-refractivity contribution >= 4 is 10.9 Å². The van der Waals surface area contributed by atoms with Gasteiger partial charge in [0.05, 0.1) is 11.7 Å². The molecule has 1 heterocycles. The van der Waals surface area contributed by atoms with Gasteiger partial charge in [0.1, 0.15) is 0 Å². The van der Waals surface area contributed by atoms with Gasteiger partial charge in [-0.1, -0.05) is 39.0 Å². The molecule has 0 aliphatic carbocycles. The van der Waals surface area contributed by atoms with Crippen molar-refractivity contribution in [2.75, 3.05) is 0 Å². The van der Waals surface area contributed by atoms with Crippen LogP contribution in [0.5, 0.6) is 0 Å². The summed E-state index contributed by atoms with van der Waals surface area (Å²) in [6.45, 7) is 6.72. The zero-order valence-corrected chi connectivity index (χ0v) is 9.44. The van der Waals surface area contributed by atoms with Crippen molar-refractivity contribution < 1.29 is 0 Å². The van der Waals surface area contributed by atoms with Gasteiger partial charge in [-0.25, -0.2) is 0 Å². The summed E-state index contributed by atoms with van der Waals surface area (Å²) in [5, 5.41) is 9.43. The Balaban J connectivity index is 2.60. The van der Waals surface area contributed by atoms with E-state index < -0.39 is 0 Å². The van der Waals surface area contributed by atoms with Gasteiger partial charge >= 0.3 is 0 Å². The van der Waals surface area contributed by atoms with E-state index in [0.29, 0.717) is 11.8 Å². The van der Waals surface area contributed by atoms with Gasteiger partial charge in [-0.3, -0.25) is 0 Å². The minimum Gasteiger partial charge on any atom is -0.158 e. The van der Waals surface area contributed by atoms with Gasteiger partial charge in [-0.05, 0) is 23.5 Å². The monoisotopic (exact) mass is 200 g/mol. The zero-order chi connectivity index (χ0) is 10.8. The third-order valence-corrected chi connectivity index (χ3v) is 3.07. The molecule has 0 bridgehead atoms. The Kier molecular flexibility index (Phi) is 2.67. The van der Waals surface area contributed by atoms with Crippen LogP contribution in [0, 0.1) is 5.92 Å². The van der Waals surface area contributed by atoms with E-state index >= 15 is 0 Å². The molecule has 15 heavy (non-hydrogen) atoms. The minimum absolute atomic E-state index is 0.519. The van der Waals surface area contributed by atoms with E-state index in [4.69, 9.17) is 0 Å². The maximum Gasteiger partial charge on any atom is 0.0932 e. The molecule has 2 rings (SSSR count). The normalized spacial score (nSPS) is 13.3. The Morgan fingerprint density at radius 3 is 2.53 bits per heavy atom. The second-order valence-corrected chi connectivity index (χ2v) is 4.35. The zero-order valence-electron chi connectivity index (χ0n) is 9.44. The molecule has 2 nitrogen and oxygen atoms in total. The molecule has 1 aromatic carbocycles. The molecule has 1 unspecified atom stereocenters. The highest BCUT2D eigenvalue weighted by molar-refractivity contribution is 5.81. The van der Waals surface area contributed by atoms with Crippen LogP contribution in [0.3, 0.4) is 0 Å². The van der Waals surface area contributed by atoms with Gasteiger partial charge in [0, 0.05) is 5.39 Å². The Bertz CT molecular complexity index is 458. The molecular formula is C13H16N2. The van der Waals surface area contributed by atoms with Crippen LogP contribution in [0.1, 0.15) is 32.3 Å². The Labute approximate surface area is 90.3 Å². The predicted molar refractivity (Wildman–Crippen MR) is 62.8 cm³/mol. The molecule has 0 radical (unpaired) electrons. The summed E-state index contributed by atoms with van der Waals surface area (Å²) in [6.07, 6.45) is 1.90. The topological polar surface area (TPSA) is 25.8 Å². The highest BCUT2D eigenvalue weighted by Gasteiger charge is 2.13. The molecule has 0 fully saturated rings. The Hall–Kier alpha value is -1.44. The van der Waals surface area contributed by atoms with E-state index in [-0.39, 0.29) is 0 Å². The first-order valence-corrected chi connectivity index (χ1v) is 5.40. The summed E-state index contributed by atoms with van der Waals surface area (Å²) in [5.41, 5.74) is 2.29. The highest BCUT2D eigenvalue weighted by atomic mass is 15.1. The van der Waals surface area contributed by atoms with Crippen molar-refractivity contribution in [3.63, 3.8) is 0 Å². The lowest BCUT2D eigenvalue weighted by Gasteiger charge is -2.16. The number of aromatic nitrogens is 2. The van der Waals surface area contributed by atoms with Gasteiger partial charge in [0.2, 0.25) is 0 Å². The molecule has 0 saturated carbocycles. The SMILES string of the molecule is CC(C)C(C)c1cnnc2ccccc12. The molecule has 2 aromatic rings. The maximum atomic E-state index is 4.13. The molecule has 0 spiro atoms. The lowest BCUT2D eigenvalue weighted by molar-refractivity contribution is 0.536. The number of benzene rings is 1.